The molecule has 1 aliphatic rings. The van der Waals surface area contributed by atoms with Crippen LogP contribution in [0.25, 0.3) is 11.1 Å². The molecule has 20 heavy (non-hydrogen) atoms. The van der Waals surface area contributed by atoms with Gasteiger partial charge in [-0.15, -0.1) is 0 Å². The molecule has 0 saturated carbocycles. The largest absolute Gasteiger partial charge is 0.493 e. The Kier molecular flexibility index (Phi) is 3.97. The average Bonchev–Trinajstić information content (AvgIpc) is 2.52. The highest BCUT2D eigenvalue weighted by Gasteiger charge is 2.15. The lowest BCUT2D eigenvalue weighted by atomic mass is 9.98. The summed E-state index contributed by atoms with van der Waals surface area (Å²) in [6.45, 7) is 4.74. The third kappa shape index (κ3) is 2.68. The SMILES string of the molecule is CCNCc1cncc(-c2cccc3c2OCCC3)c1. The van der Waals surface area contributed by atoms with E-state index in [-0.39, 0.29) is 0 Å². The van der Waals surface area contributed by atoms with Crippen molar-refractivity contribution < 1.29 is 4.74 Å². The van der Waals surface area contributed by atoms with Crippen molar-refractivity contribution in [3.05, 3.63) is 47.8 Å². The van der Waals surface area contributed by atoms with Gasteiger partial charge in [0.05, 0.1) is 6.61 Å². The number of hydrogen-bond acceptors (Lipinski definition) is 3. The van der Waals surface area contributed by atoms with Crippen molar-refractivity contribution in [1.82, 2.24) is 10.3 Å². The molecule has 0 bridgehead atoms. The van der Waals surface area contributed by atoms with Gasteiger partial charge in [0.1, 0.15) is 5.75 Å². The van der Waals surface area contributed by atoms with Gasteiger partial charge in [-0.2, -0.15) is 0 Å². The molecular formula is C17H20N2O. The Balaban J connectivity index is 1.96. The fraction of sp³-hybridized carbons (Fsp3) is 0.353. The van der Waals surface area contributed by atoms with Crippen molar-refractivity contribution in [3.8, 4) is 16.9 Å². The van der Waals surface area contributed by atoms with Crippen LogP contribution in [0.3, 0.4) is 0 Å². The fourth-order valence-electron chi connectivity index (χ4n) is 2.62. The molecule has 0 radical (unpaired) electrons. The van der Waals surface area contributed by atoms with Crippen LogP contribution in [-0.2, 0) is 13.0 Å². The number of ether oxygens (including phenoxy) is 1. The standard InChI is InChI=1S/C17H20N2O/c1-2-18-10-13-9-15(12-19-11-13)16-7-3-5-14-6-4-8-20-17(14)16/h3,5,7,9,11-12,18H,2,4,6,8,10H2,1H3. The lowest BCUT2D eigenvalue weighted by Gasteiger charge is -2.20. The second kappa shape index (κ2) is 6.06. The van der Waals surface area contributed by atoms with Crippen molar-refractivity contribution in [2.24, 2.45) is 0 Å². The number of aryl methyl sites for hydroxylation is 1. The molecule has 0 unspecified atom stereocenters. The topological polar surface area (TPSA) is 34.2 Å². The monoisotopic (exact) mass is 268 g/mol. The van der Waals surface area contributed by atoms with Gasteiger partial charge in [-0.05, 0) is 36.6 Å². The van der Waals surface area contributed by atoms with E-state index in [1.54, 1.807) is 0 Å². The van der Waals surface area contributed by atoms with E-state index in [1.165, 1.54) is 11.1 Å². The van der Waals surface area contributed by atoms with Gasteiger partial charge in [0.25, 0.3) is 0 Å². The summed E-state index contributed by atoms with van der Waals surface area (Å²) in [5.41, 5.74) is 4.82. The maximum atomic E-state index is 5.89. The summed E-state index contributed by atoms with van der Waals surface area (Å²) >= 11 is 0. The number of para-hydroxylation sites is 1. The van der Waals surface area contributed by atoms with E-state index in [2.05, 4.69) is 41.5 Å². The quantitative estimate of drug-likeness (QED) is 0.924. The molecule has 104 valence electrons. The summed E-state index contributed by atoms with van der Waals surface area (Å²) in [5.74, 6) is 1.04. The molecule has 3 heteroatoms. The number of benzene rings is 1. The van der Waals surface area contributed by atoms with Crippen LogP contribution >= 0.6 is 0 Å². The van der Waals surface area contributed by atoms with Crippen LogP contribution in [0, 0.1) is 0 Å². The number of pyridine rings is 1. The van der Waals surface area contributed by atoms with E-state index in [9.17, 15) is 0 Å². The third-order valence-corrected chi connectivity index (χ3v) is 3.62. The van der Waals surface area contributed by atoms with Crippen LogP contribution in [0.4, 0.5) is 0 Å². The predicted molar refractivity (Wildman–Crippen MR) is 80.9 cm³/mol. The first-order valence-electron chi connectivity index (χ1n) is 7.28. The third-order valence-electron chi connectivity index (χ3n) is 3.62. The smallest absolute Gasteiger partial charge is 0.130 e. The highest BCUT2D eigenvalue weighted by molar-refractivity contribution is 5.72. The van der Waals surface area contributed by atoms with Crippen LogP contribution < -0.4 is 10.1 Å². The first-order valence-corrected chi connectivity index (χ1v) is 7.28. The van der Waals surface area contributed by atoms with Gasteiger partial charge < -0.3 is 10.1 Å². The van der Waals surface area contributed by atoms with Gasteiger partial charge in [0.2, 0.25) is 0 Å². The van der Waals surface area contributed by atoms with E-state index in [0.29, 0.717) is 0 Å². The zero-order chi connectivity index (χ0) is 13.8. The van der Waals surface area contributed by atoms with Gasteiger partial charge >= 0.3 is 0 Å². The van der Waals surface area contributed by atoms with Crippen LogP contribution in [0.5, 0.6) is 5.75 Å². The minimum Gasteiger partial charge on any atom is -0.493 e. The van der Waals surface area contributed by atoms with Gasteiger partial charge in [-0.1, -0.05) is 25.1 Å². The van der Waals surface area contributed by atoms with Crippen molar-refractivity contribution in [1.29, 1.82) is 0 Å². The van der Waals surface area contributed by atoms with E-state index in [1.807, 2.05) is 12.4 Å². The van der Waals surface area contributed by atoms with Crippen molar-refractivity contribution in [2.75, 3.05) is 13.2 Å². The Bertz CT molecular complexity index is 595. The van der Waals surface area contributed by atoms with Gasteiger partial charge in [-0.3, -0.25) is 4.98 Å². The zero-order valence-corrected chi connectivity index (χ0v) is 11.9. The minimum absolute atomic E-state index is 0.814. The summed E-state index contributed by atoms with van der Waals surface area (Å²) in [4.78, 5) is 4.37. The molecule has 3 rings (SSSR count). The Morgan fingerprint density at radius 2 is 2.25 bits per heavy atom. The molecular weight excluding hydrogens is 248 g/mol. The first-order chi connectivity index (χ1) is 9.88. The number of nitrogens with zero attached hydrogens (tertiary/aromatic N) is 1. The Morgan fingerprint density at radius 1 is 1.30 bits per heavy atom. The summed E-state index contributed by atoms with van der Waals surface area (Å²) in [6, 6.07) is 8.59. The number of rotatable bonds is 4. The van der Waals surface area contributed by atoms with Crippen LogP contribution in [0.1, 0.15) is 24.5 Å². The second-order valence-electron chi connectivity index (χ2n) is 5.11. The molecule has 1 aliphatic heterocycles. The van der Waals surface area contributed by atoms with Crippen LogP contribution in [0.15, 0.2) is 36.7 Å². The van der Waals surface area contributed by atoms with Gasteiger partial charge in [0.15, 0.2) is 0 Å². The van der Waals surface area contributed by atoms with E-state index < -0.39 is 0 Å². The molecule has 2 aromatic rings. The van der Waals surface area contributed by atoms with E-state index in [0.717, 1.165) is 49.4 Å². The summed E-state index contributed by atoms with van der Waals surface area (Å²) in [5, 5.41) is 3.33. The Morgan fingerprint density at radius 3 is 3.15 bits per heavy atom. The lowest BCUT2D eigenvalue weighted by Crippen LogP contribution is -2.12. The Hall–Kier alpha value is -1.87. The fourth-order valence-corrected chi connectivity index (χ4v) is 2.62. The van der Waals surface area contributed by atoms with E-state index >= 15 is 0 Å². The molecule has 0 aliphatic carbocycles. The number of nitrogens with one attached hydrogen (secondary N) is 1. The molecule has 1 N–H and O–H groups in total. The van der Waals surface area contributed by atoms with Crippen molar-refractivity contribution in [3.63, 3.8) is 0 Å². The summed E-state index contributed by atoms with van der Waals surface area (Å²) in [7, 11) is 0. The first kappa shape index (κ1) is 13.1. The zero-order valence-electron chi connectivity index (χ0n) is 11.9. The molecule has 0 amide bonds. The summed E-state index contributed by atoms with van der Waals surface area (Å²) < 4.78 is 5.89. The molecule has 0 atom stereocenters. The predicted octanol–water partition coefficient (Wildman–Crippen LogP) is 3.18. The number of hydrogen-bond donors (Lipinski definition) is 1. The summed E-state index contributed by atoms with van der Waals surface area (Å²) in [6.07, 6.45) is 6.05. The van der Waals surface area contributed by atoms with Gasteiger partial charge in [0, 0.05) is 30.1 Å². The molecule has 0 fully saturated rings. The van der Waals surface area contributed by atoms with Crippen LogP contribution in [0.2, 0.25) is 0 Å². The molecule has 0 spiro atoms. The second-order valence-corrected chi connectivity index (χ2v) is 5.11. The maximum absolute atomic E-state index is 5.89. The normalized spacial score (nSPS) is 13.7. The lowest BCUT2D eigenvalue weighted by molar-refractivity contribution is 0.289. The van der Waals surface area contributed by atoms with Crippen molar-refractivity contribution >= 4 is 0 Å². The molecule has 0 saturated heterocycles. The molecule has 1 aromatic heterocycles. The Labute approximate surface area is 120 Å². The van der Waals surface area contributed by atoms with Crippen LogP contribution in [-0.4, -0.2) is 18.1 Å². The average molecular weight is 268 g/mol. The minimum atomic E-state index is 0.814. The van der Waals surface area contributed by atoms with Crippen molar-refractivity contribution in [2.45, 2.75) is 26.3 Å². The highest BCUT2D eigenvalue weighted by atomic mass is 16.5. The number of fused-ring (bicyclic) bond motifs is 1. The van der Waals surface area contributed by atoms with Gasteiger partial charge in [-0.25, -0.2) is 0 Å². The molecule has 3 nitrogen and oxygen atoms in total. The number of aromatic nitrogens is 1. The maximum Gasteiger partial charge on any atom is 0.130 e. The van der Waals surface area contributed by atoms with E-state index in [4.69, 9.17) is 4.74 Å². The molecule has 1 aromatic carbocycles. The highest BCUT2D eigenvalue weighted by Crippen LogP contribution is 2.36. The molecule has 2 heterocycles.